The fourth-order valence-electron chi connectivity index (χ4n) is 1.83. The molecule has 0 saturated heterocycles. The third-order valence-corrected chi connectivity index (χ3v) is 3.19. The molecule has 0 bridgehead atoms. The molecule has 1 aromatic carbocycles. The Bertz CT molecular complexity index is 449. The van der Waals surface area contributed by atoms with E-state index in [-0.39, 0.29) is 0 Å². The first-order chi connectivity index (χ1) is 8.70. The zero-order valence-corrected chi connectivity index (χ0v) is 10.7. The van der Waals surface area contributed by atoms with Crippen LogP contribution in [0.1, 0.15) is 18.4 Å². The van der Waals surface area contributed by atoms with E-state index in [1.807, 2.05) is 13.1 Å². The molecule has 2 N–H and O–H groups in total. The number of nitrogens with zero attached hydrogens (tertiary/aromatic N) is 2. The Kier molecular flexibility index (Phi) is 4.06. The molecule has 0 heterocycles. The molecular formula is C14H19N3O. The molecule has 4 nitrogen and oxygen atoms in total. The number of nitriles is 1. The topological polar surface area (TPSA) is 62.3 Å². The highest BCUT2D eigenvalue weighted by molar-refractivity contribution is 5.69. The molecule has 2 rings (SSSR count). The summed E-state index contributed by atoms with van der Waals surface area (Å²) in [6, 6.07) is 7.46. The lowest BCUT2D eigenvalue weighted by Gasteiger charge is -2.21. The van der Waals surface area contributed by atoms with Gasteiger partial charge in [-0.15, -0.1) is 0 Å². The average molecular weight is 245 g/mol. The quantitative estimate of drug-likeness (QED) is 0.615. The van der Waals surface area contributed by atoms with Gasteiger partial charge in [0, 0.05) is 20.2 Å². The predicted molar refractivity (Wildman–Crippen MR) is 72.4 cm³/mol. The Balaban J connectivity index is 1.83. The average Bonchev–Trinajstić information content (AvgIpc) is 3.18. The molecule has 0 spiro atoms. The summed E-state index contributed by atoms with van der Waals surface area (Å²) >= 11 is 0. The molecule has 0 amide bonds. The molecule has 0 radical (unpaired) electrons. The first-order valence-electron chi connectivity index (χ1n) is 6.29. The molecule has 0 atom stereocenters. The summed E-state index contributed by atoms with van der Waals surface area (Å²) in [6.45, 7) is 2.41. The highest BCUT2D eigenvalue weighted by atomic mass is 16.5. The number of likely N-dealkylation sites (N-methyl/N-ethyl adjacent to an activating group) is 1. The highest BCUT2D eigenvalue weighted by Gasteiger charge is 2.21. The Morgan fingerprint density at radius 2 is 2.28 bits per heavy atom. The van der Waals surface area contributed by atoms with Gasteiger partial charge in [0.15, 0.2) is 0 Å². The van der Waals surface area contributed by atoms with Crippen molar-refractivity contribution in [3.63, 3.8) is 0 Å². The lowest BCUT2D eigenvalue weighted by Crippen LogP contribution is -2.23. The first-order valence-corrected chi connectivity index (χ1v) is 6.29. The Morgan fingerprint density at radius 1 is 1.50 bits per heavy atom. The Labute approximate surface area is 108 Å². The molecule has 1 aromatic rings. The van der Waals surface area contributed by atoms with E-state index in [0.717, 1.165) is 24.8 Å². The lowest BCUT2D eigenvalue weighted by atomic mass is 10.2. The van der Waals surface area contributed by atoms with Crippen molar-refractivity contribution in [1.82, 2.24) is 0 Å². The van der Waals surface area contributed by atoms with Crippen molar-refractivity contribution in [2.24, 2.45) is 5.92 Å². The molecular weight excluding hydrogens is 226 g/mol. The second kappa shape index (κ2) is 5.74. The van der Waals surface area contributed by atoms with Crippen LogP contribution in [0, 0.1) is 17.2 Å². The van der Waals surface area contributed by atoms with E-state index in [2.05, 4.69) is 11.0 Å². The third-order valence-electron chi connectivity index (χ3n) is 3.19. The van der Waals surface area contributed by atoms with Gasteiger partial charge in [-0.1, -0.05) is 0 Å². The van der Waals surface area contributed by atoms with Crippen molar-refractivity contribution in [2.75, 3.05) is 37.4 Å². The third kappa shape index (κ3) is 3.38. The van der Waals surface area contributed by atoms with Gasteiger partial charge < -0.3 is 15.4 Å². The number of benzene rings is 1. The Hall–Kier alpha value is -1.73. The van der Waals surface area contributed by atoms with Crippen LogP contribution in [0.25, 0.3) is 0 Å². The van der Waals surface area contributed by atoms with Gasteiger partial charge in [0.25, 0.3) is 0 Å². The maximum absolute atomic E-state index is 8.78. The second-order valence-corrected chi connectivity index (χ2v) is 4.83. The summed E-state index contributed by atoms with van der Waals surface area (Å²) in [4.78, 5) is 2.06. The van der Waals surface area contributed by atoms with Crippen LogP contribution in [0.15, 0.2) is 18.2 Å². The fourth-order valence-corrected chi connectivity index (χ4v) is 1.83. The molecule has 0 aliphatic heterocycles. The van der Waals surface area contributed by atoms with Crippen LogP contribution in [0.3, 0.4) is 0 Å². The summed E-state index contributed by atoms with van der Waals surface area (Å²) in [6.07, 6.45) is 2.64. The van der Waals surface area contributed by atoms with Gasteiger partial charge in [-0.3, -0.25) is 0 Å². The van der Waals surface area contributed by atoms with E-state index in [1.165, 1.54) is 12.8 Å². The van der Waals surface area contributed by atoms with Gasteiger partial charge in [0.2, 0.25) is 0 Å². The van der Waals surface area contributed by atoms with E-state index >= 15 is 0 Å². The predicted octanol–water partition coefficient (Wildman–Crippen LogP) is 2.00. The van der Waals surface area contributed by atoms with Crippen LogP contribution >= 0.6 is 0 Å². The van der Waals surface area contributed by atoms with E-state index in [1.54, 1.807) is 12.1 Å². The first kappa shape index (κ1) is 12.7. The molecule has 0 unspecified atom stereocenters. The Morgan fingerprint density at radius 3 is 2.89 bits per heavy atom. The molecule has 4 heteroatoms. The van der Waals surface area contributed by atoms with Gasteiger partial charge in [0.1, 0.15) is 0 Å². The van der Waals surface area contributed by atoms with E-state index in [4.69, 9.17) is 15.7 Å². The summed E-state index contributed by atoms with van der Waals surface area (Å²) in [7, 11) is 1.98. The van der Waals surface area contributed by atoms with E-state index in [0.29, 0.717) is 17.9 Å². The van der Waals surface area contributed by atoms with Crippen molar-refractivity contribution in [1.29, 1.82) is 5.26 Å². The summed E-state index contributed by atoms with van der Waals surface area (Å²) < 4.78 is 5.60. The minimum Gasteiger partial charge on any atom is -0.397 e. The highest BCUT2D eigenvalue weighted by Crippen LogP contribution is 2.28. The SMILES string of the molecule is CN(CCOCC1CC1)c1ccc(C#N)cc1N. The molecule has 1 aliphatic carbocycles. The zero-order chi connectivity index (χ0) is 13.0. The monoisotopic (exact) mass is 245 g/mol. The van der Waals surface area contributed by atoms with E-state index in [9.17, 15) is 0 Å². The minimum atomic E-state index is 0.592. The van der Waals surface area contributed by atoms with Crippen molar-refractivity contribution < 1.29 is 4.74 Å². The van der Waals surface area contributed by atoms with Gasteiger partial charge in [-0.25, -0.2) is 0 Å². The molecule has 1 fully saturated rings. The number of anilines is 2. The molecule has 96 valence electrons. The van der Waals surface area contributed by atoms with Crippen molar-refractivity contribution >= 4 is 11.4 Å². The summed E-state index contributed by atoms with van der Waals surface area (Å²) in [5.41, 5.74) is 8.10. The van der Waals surface area contributed by atoms with Crippen molar-refractivity contribution in [3.05, 3.63) is 23.8 Å². The minimum absolute atomic E-state index is 0.592. The molecule has 18 heavy (non-hydrogen) atoms. The molecule has 1 saturated carbocycles. The van der Waals surface area contributed by atoms with Crippen LogP contribution in [-0.2, 0) is 4.74 Å². The maximum atomic E-state index is 8.78. The number of nitrogens with two attached hydrogens (primary N) is 1. The standard InChI is InChI=1S/C14H19N3O/c1-17(6-7-18-10-11-2-3-11)14-5-4-12(9-15)8-13(14)16/h4-5,8,11H,2-3,6-7,10,16H2,1H3. The summed E-state index contributed by atoms with van der Waals surface area (Å²) in [5.74, 6) is 0.801. The maximum Gasteiger partial charge on any atom is 0.0992 e. The number of hydrogen-bond donors (Lipinski definition) is 1. The largest absolute Gasteiger partial charge is 0.397 e. The van der Waals surface area contributed by atoms with E-state index < -0.39 is 0 Å². The van der Waals surface area contributed by atoms with Crippen LogP contribution in [0.2, 0.25) is 0 Å². The normalized spacial score (nSPS) is 14.2. The second-order valence-electron chi connectivity index (χ2n) is 4.83. The van der Waals surface area contributed by atoms with Crippen molar-refractivity contribution in [3.8, 4) is 6.07 Å². The van der Waals surface area contributed by atoms with Crippen LogP contribution in [0.4, 0.5) is 11.4 Å². The number of nitrogen functional groups attached to an aromatic ring is 1. The zero-order valence-electron chi connectivity index (χ0n) is 10.7. The smallest absolute Gasteiger partial charge is 0.0992 e. The summed E-state index contributed by atoms with van der Waals surface area (Å²) in [5, 5.41) is 8.78. The van der Waals surface area contributed by atoms with Gasteiger partial charge >= 0.3 is 0 Å². The fraction of sp³-hybridized carbons (Fsp3) is 0.500. The number of ether oxygens (including phenoxy) is 1. The van der Waals surface area contributed by atoms with Gasteiger partial charge in [-0.2, -0.15) is 5.26 Å². The van der Waals surface area contributed by atoms with Crippen LogP contribution < -0.4 is 10.6 Å². The van der Waals surface area contributed by atoms with Gasteiger partial charge in [-0.05, 0) is 37.0 Å². The number of rotatable bonds is 6. The van der Waals surface area contributed by atoms with Crippen LogP contribution in [0.5, 0.6) is 0 Å². The lowest BCUT2D eigenvalue weighted by molar-refractivity contribution is 0.131. The van der Waals surface area contributed by atoms with Crippen molar-refractivity contribution in [2.45, 2.75) is 12.8 Å². The molecule has 0 aromatic heterocycles. The van der Waals surface area contributed by atoms with Crippen LogP contribution in [-0.4, -0.2) is 26.8 Å². The van der Waals surface area contributed by atoms with Gasteiger partial charge in [0.05, 0.1) is 29.6 Å². The number of hydrogen-bond acceptors (Lipinski definition) is 4. The molecule has 1 aliphatic rings.